The van der Waals surface area contributed by atoms with Crippen molar-refractivity contribution in [3.8, 4) is 11.1 Å². The zero-order valence-electron chi connectivity index (χ0n) is 12.2. The first-order chi connectivity index (χ1) is 10.6. The molecule has 0 saturated carbocycles. The summed E-state index contributed by atoms with van der Waals surface area (Å²) in [6.45, 7) is 0. The lowest BCUT2D eigenvalue weighted by Crippen LogP contribution is -2.05. The summed E-state index contributed by atoms with van der Waals surface area (Å²) in [5.41, 5.74) is 3.28. The van der Waals surface area contributed by atoms with Gasteiger partial charge in [-0.2, -0.15) is 0 Å². The predicted molar refractivity (Wildman–Crippen MR) is 88.9 cm³/mol. The molecule has 0 amide bonds. The van der Waals surface area contributed by atoms with Crippen LogP contribution in [0.4, 0.5) is 0 Å². The van der Waals surface area contributed by atoms with Gasteiger partial charge in [0.05, 0.1) is 12.1 Å². The minimum Gasteiger partial charge on any atom is -0.481 e. The second kappa shape index (κ2) is 7.66. The number of carboxylic acid groups (broad SMARTS) is 1. The molecule has 5 heteroatoms. The predicted octanol–water partition coefficient (Wildman–Crippen LogP) is 4.12. The second-order valence-electron chi connectivity index (χ2n) is 4.75. The molecule has 2 N–H and O–H groups in total. The lowest BCUT2D eigenvalue weighted by atomic mass is 10.0. The minimum absolute atomic E-state index is 0.0582. The van der Waals surface area contributed by atoms with Crippen molar-refractivity contribution in [3.63, 3.8) is 0 Å². The summed E-state index contributed by atoms with van der Waals surface area (Å²) in [5.74, 6) is -0.911. The van der Waals surface area contributed by atoms with Gasteiger partial charge in [0.2, 0.25) is 0 Å². The number of thioether (sulfide) groups is 1. The Morgan fingerprint density at radius 1 is 1.00 bits per heavy atom. The normalized spacial score (nSPS) is 11.4. The number of benzene rings is 2. The van der Waals surface area contributed by atoms with E-state index in [2.05, 4.69) is 29.4 Å². The van der Waals surface area contributed by atoms with Crippen LogP contribution in [-0.2, 0) is 4.79 Å². The van der Waals surface area contributed by atoms with Crippen molar-refractivity contribution in [1.82, 2.24) is 0 Å². The van der Waals surface area contributed by atoms with Gasteiger partial charge in [-0.15, -0.1) is 11.8 Å². The van der Waals surface area contributed by atoms with Crippen molar-refractivity contribution in [1.29, 1.82) is 0 Å². The highest BCUT2D eigenvalue weighted by Gasteiger charge is 2.08. The summed E-state index contributed by atoms with van der Waals surface area (Å²) in [6.07, 6.45) is 2.18. The van der Waals surface area contributed by atoms with Crippen molar-refractivity contribution in [3.05, 3.63) is 54.1 Å². The maximum absolute atomic E-state index is 10.6. The summed E-state index contributed by atoms with van der Waals surface area (Å²) in [4.78, 5) is 11.8. The van der Waals surface area contributed by atoms with E-state index in [1.807, 2.05) is 30.5 Å². The van der Waals surface area contributed by atoms with Crippen LogP contribution < -0.4 is 0 Å². The fourth-order valence-electron chi connectivity index (χ4n) is 2.12. The van der Waals surface area contributed by atoms with Crippen LogP contribution >= 0.6 is 11.8 Å². The quantitative estimate of drug-likeness (QED) is 0.364. The molecule has 22 heavy (non-hydrogen) atoms. The summed E-state index contributed by atoms with van der Waals surface area (Å²) >= 11 is 1.70. The van der Waals surface area contributed by atoms with Crippen molar-refractivity contribution < 1.29 is 15.1 Å². The molecular formula is C17H17NO3S. The minimum atomic E-state index is -0.911. The van der Waals surface area contributed by atoms with E-state index < -0.39 is 5.97 Å². The molecule has 2 aromatic carbocycles. The summed E-state index contributed by atoms with van der Waals surface area (Å²) in [5, 5.41) is 20.9. The van der Waals surface area contributed by atoms with Crippen LogP contribution in [0, 0.1) is 0 Å². The number of carboxylic acids is 1. The molecule has 0 heterocycles. The van der Waals surface area contributed by atoms with Gasteiger partial charge in [0.15, 0.2) is 0 Å². The molecule has 0 aliphatic heterocycles. The first-order valence-electron chi connectivity index (χ1n) is 6.81. The van der Waals surface area contributed by atoms with Gasteiger partial charge in [0, 0.05) is 11.3 Å². The highest BCUT2D eigenvalue weighted by atomic mass is 32.2. The van der Waals surface area contributed by atoms with Crippen molar-refractivity contribution in [2.45, 2.75) is 17.7 Å². The van der Waals surface area contributed by atoms with E-state index in [9.17, 15) is 4.79 Å². The lowest BCUT2D eigenvalue weighted by Gasteiger charge is -2.06. The van der Waals surface area contributed by atoms with Crippen LogP contribution in [-0.4, -0.2) is 28.3 Å². The Morgan fingerprint density at radius 2 is 1.55 bits per heavy atom. The van der Waals surface area contributed by atoms with Gasteiger partial charge in [-0.25, -0.2) is 0 Å². The molecule has 0 saturated heterocycles. The third kappa shape index (κ3) is 4.11. The Kier molecular flexibility index (Phi) is 5.61. The maximum atomic E-state index is 10.6. The average Bonchev–Trinajstić information content (AvgIpc) is 2.56. The number of rotatable bonds is 6. The first kappa shape index (κ1) is 16.1. The van der Waals surface area contributed by atoms with Crippen LogP contribution in [0.2, 0.25) is 0 Å². The number of carbonyl (C=O) groups is 1. The highest BCUT2D eigenvalue weighted by Crippen LogP contribution is 2.23. The number of oxime groups is 1. The second-order valence-corrected chi connectivity index (χ2v) is 5.63. The van der Waals surface area contributed by atoms with E-state index >= 15 is 0 Å². The number of nitrogens with zero attached hydrogens (tertiary/aromatic N) is 1. The summed E-state index contributed by atoms with van der Waals surface area (Å²) < 4.78 is 0. The van der Waals surface area contributed by atoms with Gasteiger partial charge < -0.3 is 10.3 Å². The van der Waals surface area contributed by atoms with Gasteiger partial charge in [-0.3, -0.25) is 4.79 Å². The van der Waals surface area contributed by atoms with Gasteiger partial charge in [0.1, 0.15) is 0 Å². The number of hydrogen-bond donors (Lipinski definition) is 2. The number of hydrogen-bond acceptors (Lipinski definition) is 4. The molecule has 0 atom stereocenters. The molecule has 0 fully saturated rings. The van der Waals surface area contributed by atoms with Crippen LogP contribution in [0.1, 0.15) is 18.4 Å². The molecule has 4 nitrogen and oxygen atoms in total. The molecule has 0 aromatic heterocycles. The van der Waals surface area contributed by atoms with Crippen molar-refractivity contribution in [2.24, 2.45) is 5.16 Å². The Labute approximate surface area is 133 Å². The van der Waals surface area contributed by atoms with E-state index in [4.69, 9.17) is 10.3 Å². The fourth-order valence-corrected chi connectivity index (χ4v) is 2.52. The van der Waals surface area contributed by atoms with Crippen LogP contribution in [0.3, 0.4) is 0 Å². The standard InChI is InChI=1S/C17H17NO3S/c1-22-15-8-6-13(7-9-15)12-2-4-14(5-3-12)16(18-21)10-11-17(19)20/h2-9,21H,10-11H2,1H3,(H,19,20). The molecule has 0 aliphatic carbocycles. The molecular weight excluding hydrogens is 298 g/mol. The Hall–Kier alpha value is -2.27. The van der Waals surface area contributed by atoms with E-state index in [1.54, 1.807) is 11.8 Å². The van der Waals surface area contributed by atoms with E-state index in [0.29, 0.717) is 5.71 Å². The van der Waals surface area contributed by atoms with Gasteiger partial charge >= 0.3 is 5.97 Å². The van der Waals surface area contributed by atoms with Crippen molar-refractivity contribution in [2.75, 3.05) is 6.26 Å². The maximum Gasteiger partial charge on any atom is 0.303 e. The zero-order chi connectivity index (χ0) is 15.9. The SMILES string of the molecule is CSc1ccc(-c2ccc(C(CCC(=O)O)=NO)cc2)cc1. The van der Waals surface area contributed by atoms with E-state index in [1.165, 1.54) is 4.90 Å². The van der Waals surface area contributed by atoms with Gasteiger partial charge in [-0.1, -0.05) is 41.6 Å². The summed E-state index contributed by atoms with van der Waals surface area (Å²) in [7, 11) is 0. The van der Waals surface area contributed by atoms with Gasteiger partial charge in [-0.05, 0) is 35.1 Å². The average molecular weight is 315 g/mol. The molecule has 0 unspecified atom stereocenters. The molecule has 0 spiro atoms. The summed E-state index contributed by atoms with van der Waals surface area (Å²) in [6, 6.07) is 15.8. The topological polar surface area (TPSA) is 69.9 Å². The lowest BCUT2D eigenvalue weighted by molar-refractivity contribution is -0.136. The number of aliphatic carboxylic acids is 1. The first-order valence-corrected chi connectivity index (χ1v) is 8.04. The van der Waals surface area contributed by atoms with Crippen LogP contribution in [0.25, 0.3) is 11.1 Å². The molecule has 0 radical (unpaired) electrons. The van der Waals surface area contributed by atoms with Crippen LogP contribution in [0.15, 0.2) is 58.6 Å². The highest BCUT2D eigenvalue weighted by molar-refractivity contribution is 7.98. The molecule has 114 valence electrons. The zero-order valence-corrected chi connectivity index (χ0v) is 13.0. The van der Waals surface area contributed by atoms with Gasteiger partial charge in [0.25, 0.3) is 0 Å². The van der Waals surface area contributed by atoms with E-state index in [-0.39, 0.29) is 12.8 Å². The van der Waals surface area contributed by atoms with E-state index in [0.717, 1.165) is 16.7 Å². The monoisotopic (exact) mass is 315 g/mol. The third-order valence-electron chi connectivity index (χ3n) is 3.34. The Balaban J connectivity index is 2.16. The molecule has 0 bridgehead atoms. The van der Waals surface area contributed by atoms with Crippen molar-refractivity contribution >= 4 is 23.4 Å². The molecule has 2 rings (SSSR count). The van der Waals surface area contributed by atoms with Crippen LogP contribution in [0.5, 0.6) is 0 Å². The largest absolute Gasteiger partial charge is 0.481 e. The molecule has 2 aromatic rings. The Morgan fingerprint density at radius 3 is 2.00 bits per heavy atom. The molecule has 0 aliphatic rings. The third-order valence-corrected chi connectivity index (χ3v) is 4.08. The smallest absolute Gasteiger partial charge is 0.303 e. The Bertz CT molecular complexity index is 663. The fraction of sp³-hybridized carbons (Fsp3) is 0.176.